The summed E-state index contributed by atoms with van der Waals surface area (Å²) in [5, 5.41) is 3.42. The van der Waals surface area contributed by atoms with Crippen LogP contribution in [0.15, 0.2) is 18.2 Å². The number of halogens is 2. The Hall–Kier alpha value is -0.450. The summed E-state index contributed by atoms with van der Waals surface area (Å²) in [6, 6.07) is 5.13. The molecule has 0 spiro atoms. The topological polar surface area (TPSA) is 21.3 Å². The van der Waals surface area contributed by atoms with Crippen LogP contribution in [0.3, 0.4) is 0 Å². The summed E-state index contributed by atoms with van der Waals surface area (Å²) in [7, 11) is 0. The molecule has 1 saturated heterocycles. The van der Waals surface area contributed by atoms with Crippen LogP contribution in [0.25, 0.3) is 0 Å². The van der Waals surface area contributed by atoms with Gasteiger partial charge < -0.3 is 10.1 Å². The SMILES string of the molecule is CC1(Br)CNC2c3cc(F)ccc3CC2O1. The quantitative estimate of drug-likeness (QED) is 0.740. The summed E-state index contributed by atoms with van der Waals surface area (Å²) in [5.41, 5.74) is 2.24. The molecular formula is C12H13BrFNO. The highest BCUT2D eigenvalue weighted by atomic mass is 79.9. The molecule has 1 heterocycles. The standard InChI is InChI=1S/C12H13BrFNO/c1-12(13)6-15-11-9-5-8(14)3-2-7(9)4-10(11)16-12/h2-3,5,10-11,15H,4,6H2,1H3. The molecule has 0 amide bonds. The lowest BCUT2D eigenvalue weighted by Crippen LogP contribution is -2.49. The number of fused-ring (bicyclic) bond motifs is 3. The molecule has 1 aromatic rings. The zero-order valence-corrected chi connectivity index (χ0v) is 10.6. The number of benzene rings is 1. The maximum absolute atomic E-state index is 13.2. The summed E-state index contributed by atoms with van der Waals surface area (Å²) in [4.78, 5) is 0. The molecule has 1 aromatic carbocycles. The molecule has 1 aliphatic carbocycles. The Balaban J connectivity index is 1.94. The van der Waals surface area contributed by atoms with Crippen LogP contribution in [0.2, 0.25) is 0 Å². The molecule has 0 saturated carbocycles. The van der Waals surface area contributed by atoms with Crippen LogP contribution in [0.4, 0.5) is 4.39 Å². The van der Waals surface area contributed by atoms with Crippen LogP contribution in [0.1, 0.15) is 24.1 Å². The number of morpholine rings is 1. The molecule has 16 heavy (non-hydrogen) atoms. The molecule has 3 unspecified atom stereocenters. The monoisotopic (exact) mass is 285 g/mol. The van der Waals surface area contributed by atoms with Crippen LogP contribution >= 0.6 is 15.9 Å². The van der Waals surface area contributed by atoms with Crippen LogP contribution in [-0.4, -0.2) is 17.2 Å². The predicted octanol–water partition coefficient (Wildman–Crippen LogP) is 2.52. The van der Waals surface area contributed by atoms with Crippen LogP contribution < -0.4 is 5.32 Å². The maximum atomic E-state index is 13.2. The van der Waals surface area contributed by atoms with Crippen molar-refractivity contribution in [1.82, 2.24) is 5.32 Å². The Morgan fingerprint density at radius 1 is 1.56 bits per heavy atom. The highest BCUT2D eigenvalue weighted by molar-refractivity contribution is 9.10. The minimum Gasteiger partial charge on any atom is -0.357 e. The Kier molecular flexibility index (Phi) is 2.35. The Labute approximate surface area is 102 Å². The van der Waals surface area contributed by atoms with E-state index in [1.165, 1.54) is 11.6 Å². The summed E-state index contributed by atoms with van der Waals surface area (Å²) in [6.45, 7) is 2.73. The Morgan fingerprint density at radius 3 is 3.19 bits per heavy atom. The van der Waals surface area contributed by atoms with Gasteiger partial charge in [-0.05, 0) is 30.2 Å². The van der Waals surface area contributed by atoms with Gasteiger partial charge >= 0.3 is 0 Å². The average Bonchev–Trinajstić information content (AvgIpc) is 2.52. The molecule has 0 radical (unpaired) electrons. The van der Waals surface area contributed by atoms with Crippen molar-refractivity contribution in [3.05, 3.63) is 35.1 Å². The van der Waals surface area contributed by atoms with E-state index in [1.54, 1.807) is 6.07 Å². The first-order valence-electron chi connectivity index (χ1n) is 5.44. The molecule has 1 fully saturated rings. The fourth-order valence-corrected chi connectivity index (χ4v) is 2.98. The van der Waals surface area contributed by atoms with E-state index < -0.39 is 0 Å². The molecule has 1 aliphatic heterocycles. The van der Waals surface area contributed by atoms with Gasteiger partial charge in [0.1, 0.15) is 10.3 Å². The van der Waals surface area contributed by atoms with Crippen molar-refractivity contribution >= 4 is 15.9 Å². The lowest BCUT2D eigenvalue weighted by Gasteiger charge is -2.37. The van der Waals surface area contributed by atoms with Crippen LogP contribution in [-0.2, 0) is 11.2 Å². The third-order valence-electron chi connectivity index (χ3n) is 3.27. The average molecular weight is 286 g/mol. The summed E-state index contributed by atoms with van der Waals surface area (Å²) < 4.78 is 18.8. The molecule has 2 nitrogen and oxygen atoms in total. The van der Waals surface area contributed by atoms with Crippen molar-refractivity contribution in [2.75, 3.05) is 6.54 Å². The zero-order valence-electron chi connectivity index (χ0n) is 8.97. The van der Waals surface area contributed by atoms with Gasteiger partial charge in [0.15, 0.2) is 0 Å². The van der Waals surface area contributed by atoms with E-state index in [0.29, 0.717) is 0 Å². The number of ether oxygens (including phenoxy) is 1. The summed E-state index contributed by atoms with van der Waals surface area (Å²) in [5.74, 6) is -0.173. The van der Waals surface area contributed by atoms with Crippen molar-refractivity contribution < 1.29 is 9.13 Å². The molecule has 3 rings (SSSR count). The van der Waals surface area contributed by atoms with E-state index in [1.807, 2.05) is 13.0 Å². The first-order valence-corrected chi connectivity index (χ1v) is 6.23. The lowest BCUT2D eigenvalue weighted by molar-refractivity contribution is -0.0633. The van der Waals surface area contributed by atoms with Gasteiger partial charge in [-0.15, -0.1) is 0 Å². The van der Waals surface area contributed by atoms with Crippen molar-refractivity contribution in [2.45, 2.75) is 30.0 Å². The van der Waals surface area contributed by atoms with E-state index in [-0.39, 0.29) is 22.5 Å². The molecule has 1 N–H and O–H groups in total. The van der Waals surface area contributed by atoms with E-state index in [2.05, 4.69) is 21.2 Å². The fraction of sp³-hybridized carbons (Fsp3) is 0.500. The second kappa shape index (κ2) is 3.52. The van der Waals surface area contributed by atoms with Crippen LogP contribution in [0, 0.1) is 5.82 Å². The van der Waals surface area contributed by atoms with E-state index >= 15 is 0 Å². The number of hydrogen-bond acceptors (Lipinski definition) is 2. The zero-order chi connectivity index (χ0) is 11.3. The Bertz CT molecular complexity index is 435. The minimum absolute atomic E-state index is 0.106. The van der Waals surface area contributed by atoms with Gasteiger partial charge in [-0.3, -0.25) is 0 Å². The van der Waals surface area contributed by atoms with Crippen molar-refractivity contribution in [3.8, 4) is 0 Å². The first kappa shape index (κ1) is 10.7. The van der Waals surface area contributed by atoms with Crippen LogP contribution in [0.5, 0.6) is 0 Å². The third-order valence-corrected chi connectivity index (χ3v) is 3.74. The van der Waals surface area contributed by atoms with Gasteiger partial charge in [0.25, 0.3) is 0 Å². The molecule has 2 aliphatic rings. The lowest BCUT2D eigenvalue weighted by atomic mass is 10.1. The molecule has 3 atom stereocenters. The molecule has 0 aromatic heterocycles. The maximum Gasteiger partial charge on any atom is 0.132 e. The van der Waals surface area contributed by atoms with E-state index in [0.717, 1.165) is 18.5 Å². The minimum atomic E-state index is -0.311. The van der Waals surface area contributed by atoms with Crippen molar-refractivity contribution in [1.29, 1.82) is 0 Å². The summed E-state index contributed by atoms with van der Waals surface area (Å²) in [6.07, 6.45) is 0.962. The number of nitrogens with one attached hydrogen (secondary N) is 1. The second-order valence-electron chi connectivity index (χ2n) is 4.66. The highest BCUT2D eigenvalue weighted by Crippen LogP contribution is 2.40. The molecule has 4 heteroatoms. The normalized spacial score (nSPS) is 36.9. The van der Waals surface area contributed by atoms with Gasteiger partial charge in [0.2, 0.25) is 0 Å². The largest absolute Gasteiger partial charge is 0.357 e. The predicted molar refractivity (Wildman–Crippen MR) is 63.1 cm³/mol. The summed E-state index contributed by atoms with van der Waals surface area (Å²) >= 11 is 3.53. The van der Waals surface area contributed by atoms with Gasteiger partial charge in [0.05, 0.1) is 12.1 Å². The second-order valence-corrected chi connectivity index (χ2v) is 6.34. The number of rotatable bonds is 0. The van der Waals surface area contributed by atoms with E-state index in [4.69, 9.17) is 4.74 Å². The smallest absolute Gasteiger partial charge is 0.132 e. The van der Waals surface area contributed by atoms with Gasteiger partial charge in [0, 0.05) is 13.0 Å². The highest BCUT2D eigenvalue weighted by Gasteiger charge is 2.42. The Morgan fingerprint density at radius 2 is 2.38 bits per heavy atom. The van der Waals surface area contributed by atoms with Gasteiger partial charge in [-0.1, -0.05) is 22.0 Å². The van der Waals surface area contributed by atoms with Gasteiger partial charge in [-0.25, -0.2) is 4.39 Å². The van der Waals surface area contributed by atoms with Crippen molar-refractivity contribution in [2.24, 2.45) is 0 Å². The van der Waals surface area contributed by atoms with Gasteiger partial charge in [-0.2, -0.15) is 0 Å². The fourth-order valence-electron chi connectivity index (χ4n) is 2.58. The number of hydrogen-bond donors (Lipinski definition) is 1. The van der Waals surface area contributed by atoms with E-state index in [9.17, 15) is 4.39 Å². The number of alkyl halides is 1. The van der Waals surface area contributed by atoms with Crippen molar-refractivity contribution in [3.63, 3.8) is 0 Å². The molecule has 0 bridgehead atoms. The molecular weight excluding hydrogens is 273 g/mol. The first-order chi connectivity index (χ1) is 7.55. The third kappa shape index (κ3) is 1.69. The molecule has 86 valence electrons.